The van der Waals surface area contributed by atoms with Gasteiger partial charge in [-0.15, -0.1) is 0 Å². The Morgan fingerprint density at radius 2 is 2.37 bits per heavy atom. The average molecular weight is 261 g/mol. The fraction of sp³-hybridized carbons (Fsp3) is 0.308. The van der Waals surface area contributed by atoms with E-state index in [-0.39, 0.29) is 11.7 Å². The number of hydrogen-bond donors (Lipinski definition) is 3. The minimum Gasteiger partial charge on any atom is -0.508 e. The molecule has 3 N–H and O–H groups in total. The van der Waals surface area contributed by atoms with Gasteiger partial charge in [-0.05, 0) is 30.5 Å². The number of hydrogen-bond acceptors (Lipinski definition) is 4. The Morgan fingerprint density at radius 1 is 1.53 bits per heavy atom. The second-order valence-electron chi connectivity index (χ2n) is 4.32. The Bertz CT molecular complexity index is 514. The van der Waals surface area contributed by atoms with E-state index in [1.807, 2.05) is 0 Å². The van der Waals surface area contributed by atoms with Crippen molar-refractivity contribution in [2.45, 2.75) is 12.8 Å². The number of carbonyl (C=O) groups excluding carboxylic acids is 2. The van der Waals surface area contributed by atoms with Gasteiger partial charge in [-0.1, -0.05) is 12.1 Å². The third-order valence-corrected chi connectivity index (χ3v) is 2.86. The molecule has 0 bridgehead atoms. The highest BCUT2D eigenvalue weighted by Crippen LogP contribution is 2.11. The van der Waals surface area contributed by atoms with Crippen molar-refractivity contribution < 1.29 is 14.7 Å². The summed E-state index contributed by atoms with van der Waals surface area (Å²) in [4.78, 5) is 23.2. The monoisotopic (exact) mass is 261 g/mol. The van der Waals surface area contributed by atoms with E-state index in [1.165, 1.54) is 12.3 Å². The van der Waals surface area contributed by atoms with Crippen LogP contribution in [0.15, 0.2) is 29.4 Å². The molecular formula is C13H15N3O3. The first-order chi connectivity index (χ1) is 9.16. The van der Waals surface area contributed by atoms with Crippen LogP contribution >= 0.6 is 0 Å². The van der Waals surface area contributed by atoms with E-state index in [9.17, 15) is 14.7 Å². The van der Waals surface area contributed by atoms with E-state index in [1.54, 1.807) is 18.2 Å². The molecule has 19 heavy (non-hydrogen) atoms. The molecule has 1 aromatic rings. The van der Waals surface area contributed by atoms with Crippen LogP contribution in [0.4, 0.5) is 0 Å². The molecule has 0 aromatic heterocycles. The number of carbonyl (C=O) groups is 2. The minimum atomic E-state index is -0.671. The van der Waals surface area contributed by atoms with Gasteiger partial charge in [0.2, 0.25) is 5.91 Å². The number of rotatable bonds is 3. The molecule has 1 atom stereocenters. The Hall–Kier alpha value is -2.37. The van der Waals surface area contributed by atoms with Gasteiger partial charge in [0.25, 0.3) is 5.91 Å². The van der Waals surface area contributed by atoms with Gasteiger partial charge in [0, 0.05) is 6.54 Å². The zero-order valence-electron chi connectivity index (χ0n) is 10.3. The SMILES string of the molecule is O=C1NCCC[C@H]1C(=O)N/N=C\c1cccc(O)c1. The van der Waals surface area contributed by atoms with Crippen LogP contribution in [0.5, 0.6) is 5.75 Å². The molecule has 0 aliphatic carbocycles. The van der Waals surface area contributed by atoms with Gasteiger partial charge >= 0.3 is 0 Å². The minimum absolute atomic E-state index is 0.127. The number of phenols is 1. The molecule has 0 unspecified atom stereocenters. The van der Waals surface area contributed by atoms with Crippen LogP contribution in [0.25, 0.3) is 0 Å². The summed E-state index contributed by atoms with van der Waals surface area (Å²) in [6, 6.07) is 6.47. The van der Waals surface area contributed by atoms with Crippen LogP contribution in [0, 0.1) is 5.92 Å². The molecule has 6 heteroatoms. The van der Waals surface area contributed by atoms with Gasteiger partial charge in [-0.3, -0.25) is 9.59 Å². The third kappa shape index (κ3) is 3.54. The van der Waals surface area contributed by atoms with Crippen molar-refractivity contribution >= 4 is 18.0 Å². The average Bonchev–Trinajstić information content (AvgIpc) is 2.39. The Balaban J connectivity index is 1.91. The highest BCUT2D eigenvalue weighted by atomic mass is 16.3. The third-order valence-electron chi connectivity index (χ3n) is 2.86. The second kappa shape index (κ2) is 5.99. The summed E-state index contributed by atoms with van der Waals surface area (Å²) in [5.41, 5.74) is 3.00. The molecule has 1 aliphatic heterocycles. The fourth-order valence-electron chi connectivity index (χ4n) is 1.88. The van der Waals surface area contributed by atoms with E-state index in [2.05, 4.69) is 15.8 Å². The summed E-state index contributed by atoms with van der Waals surface area (Å²) in [5, 5.41) is 15.7. The highest BCUT2D eigenvalue weighted by Gasteiger charge is 2.28. The number of aromatic hydroxyl groups is 1. The van der Waals surface area contributed by atoms with Gasteiger partial charge in [0.05, 0.1) is 6.21 Å². The molecule has 1 aromatic carbocycles. The van der Waals surface area contributed by atoms with Crippen LogP contribution in [-0.2, 0) is 9.59 Å². The summed E-state index contributed by atoms with van der Waals surface area (Å²) in [6.07, 6.45) is 2.75. The van der Waals surface area contributed by atoms with Crippen molar-refractivity contribution in [1.29, 1.82) is 0 Å². The zero-order chi connectivity index (χ0) is 13.7. The summed E-state index contributed by atoms with van der Waals surface area (Å²) >= 11 is 0. The predicted octanol–water partition coefficient (Wildman–Crippen LogP) is 0.369. The van der Waals surface area contributed by atoms with Crippen molar-refractivity contribution in [2.24, 2.45) is 11.0 Å². The number of phenolic OH excluding ortho intramolecular Hbond substituents is 1. The molecule has 2 rings (SSSR count). The first-order valence-electron chi connectivity index (χ1n) is 6.06. The molecule has 0 saturated carbocycles. The molecule has 1 fully saturated rings. The van der Waals surface area contributed by atoms with Crippen LogP contribution in [0.2, 0.25) is 0 Å². The lowest BCUT2D eigenvalue weighted by Crippen LogP contribution is -2.43. The normalized spacial score (nSPS) is 19.2. The zero-order valence-corrected chi connectivity index (χ0v) is 10.3. The van der Waals surface area contributed by atoms with Crippen LogP contribution in [0.3, 0.4) is 0 Å². The van der Waals surface area contributed by atoms with Gasteiger partial charge in [0.1, 0.15) is 11.7 Å². The predicted molar refractivity (Wildman–Crippen MR) is 69.6 cm³/mol. The topological polar surface area (TPSA) is 90.8 Å². The summed E-state index contributed by atoms with van der Waals surface area (Å²) < 4.78 is 0. The van der Waals surface area contributed by atoms with Crippen LogP contribution < -0.4 is 10.7 Å². The van der Waals surface area contributed by atoms with Gasteiger partial charge < -0.3 is 10.4 Å². The Morgan fingerprint density at radius 3 is 3.11 bits per heavy atom. The summed E-state index contributed by atoms with van der Waals surface area (Å²) in [5.74, 6) is -1.21. The van der Waals surface area contributed by atoms with Crippen LogP contribution in [0.1, 0.15) is 18.4 Å². The number of hydrazone groups is 1. The molecule has 1 aliphatic rings. The maximum absolute atomic E-state index is 11.7. The number of nitrogens with one attached hydrogen (secondary N) is 2. The van der Waals surface area contributed by atoms with E-state index in [0.717, 1.165) is 6.42 Å². The first kappa shape index (κ1) is 13.1. The van der Waals surface area contributed by atoms with E-state index in [0.29, 0.717) is 18.5 Å². The van der Waals surface area contributed by atoms with Gasteiger partial charge in [-0.25, -0.2) is 5.43 Å². The van der Waals surface area contributed by atoms with Crippen LogP contribution in [-0.4, -0.2) is 29.7 Å². The molecule has 100 valence electrons. The first-order valence-corrected chi connectivity index (χ1v) is 6.06. The van der Waals surface area contributed by atoms with E-state index < -0.39 is 11.8 Å². The summed E-state index contributed by atoms with van der Waals surface area (Å²) in [7, 11) is 0. The van der Waals surface area contributed by atoms with Gasteiger partial charge in [-0.2, -0.15) is 5.10 Å². The molecule has 1 saturated heterocycles. The lowest BCUT2D eigenvalue weighted by Gasteiger charge is -2.19. The fourth-order valence-corrected chi connectivity index (χ4v) is 1.88. The molecular weight excluding hydrogens is 246 g/mol. The largest absolute Gasteiger partial charge is 0.508 e. The quantitative estimate of drug-likeness (QED) is 0.417. The smallest absolute Gasteiger partial charge is 0.252 e. The lowest BCUT2D eigenvalue weighted by atomic mass is 9.98. The number of nitrogens with zero attached hydrogens (tertiary/aromatic N) is 1. The van der Waals surface area contributed by atoms with Crippen molar-refractivity contribution in [3.8, 4) is 5.75 Å². The Labute approximate surface area is 110 Å². The molecule has 0 radical (unpaired) electrons. The molecule has 0 spiro atoms. The number of amides is 2. The van der Waals surface area contributed by atoms with Crippen molar-refractivity contribution in [3.63, 3.8) is 0 Å². The maximum atomic E-state index is 11.7. The van der Waals surface area contributed by atoms with E-state index in [4.69, 9.17) is 0 Å². The van der Waals surface area contributed by atoms with Crippen molar-refractivity contribution in [1.82, 2.24) is 10.7 Å². The number of benzene rings is 1. The van der Waals surface area contributed by atoms with E-state index >= 15 is 0 Å². The second-order valence-corrected chi connectivity index (χ2v) is 4.32. The van der Waals surface area contributed by atoms with Crippen molar-refractivity contribution in [2.75, 3.05) is 6.54 Å². The number of piperidine rings is 1. The molecule has 6 nitrogen and oxygen atoms in total. The molecule has 1 heterocycles. The summed E-state index contributed by atoms with van der Waals surface area (Å²) in [6.45, 7) is 0.620. The standard InChI is InChI=1S/C13H15N3O3/c17-10-4-1-3-9(7-10)8-15-16-13(19)11-5-2-6-14-12(11)18/h1,3-4,7-8,11,17H,2,5-6H2,(H,14,18)(H,16,19)/b15-8-/t11-/m1/s1. The molecule has 2 amide bonds. The van der Waals surface area contributed by atoms with Gasteiger partial charge in [0.15, 0.2) is 0 Å². The van der Waals surface area contributed by atoms with Crippen molar-refractivity contribution in [3.05, 3.63) is 29.8 Å². The Kier molecular flexibility index (Phi) is 4.12. The highest BCUT2D eigenvalue weighted by molar-refractivity contribution is 6.00. The maximum Gasteiger partial charge on any atom is 0.252 e. The lowest BCUT2D eigenvalue weighted by molar-refractivity contribution is -0.136.